The van der Waals surface area contributed by atoms with Crippen LogP contribution in [-0.4, -0.2) is 28.4 Å². The Morgan fingerprint density at radius 2 is 1.89 bits per heavy atom. The summed E-state index contributed by atoms with van der Waals surface area (Å²) < 4.78 is 5.52. The minimum atomic E-state index is -0.526. The number of esters is 1. The minimum Gasteiger partial charge on any atom is -0.460 e. The topological polar surface area (TPSA) is 66.8 Å². The van der Waals surface area contributed by atoms with Crippen LogP contribution < -0.4 is 0 Å². The Morgan fingerprint density at radius 3 is 2.37 bits per heavy atom. The van der Waals surface area contributed by atoms with E-state index in [0.717, 1.165) is 30.4 Å². The predicted octanol–water partition coefficient (Wildman–Crippen LogP) is 4.35. The molecule has 0 spiro atoms. The van der Waals surface area contributed by atoms with Gasteiger partial charge < -0.3 is 14.9 Å². The van der Waals surface area contributed by atoms with E-state index in [0.29, 0.717) is 5.92 Å². The van der Waals surface area contributed by atoms with Crippen molar-refractivity contribution < 1.29 is 19.7 Å². The molecule has 0 amide bonds. The maximum absolute atomic E-state index is 12.5. The van der Waals surface area contributed by atoms with E-state index in [4.69, 9.17) is 4.74 Å². The fourth-order valence-electron chi connectivity index (χ4n) is 4.23. The number of hydrogen-bond donors (Lipinski definition) is 2. The highest BCUT2D eigenvalue weighted by Crippen LogP contribution is 2.51. The summed E-state index contributed by atoms with van der Waals surface area (Å²) in [5, 5.41) is 19.5. The molecule has 1 aromatic carbocycles. The van der Waals surface area contributed by atoms with E-state index in [1.54, 1.807) is 0 Å². The number of carbonyl (C=O) groups excluding carboxylic acids is 1. The molecule has 0 bridgehead atoms. The molecule has 1 saturated carbocycles. The van der Waals surface area contributed by atoms with Gasteiger partial charge in [-0.05, 0) is 69.9 Å². The van der Waals surface area contributed by atoms with Gasteiger partial charge in [-0.2, -0.15) is 0 Å². The average Bonchev–Trinajstić information content (AvgIpc) is 2.59. The molecule has 4 heteroatoms. The number of rotatable bonds is 6. The van der Waals surface area contributed by atoms with E-state index in [2.05, 4.69) is 13.5 Å². The monoisotopic (exact) mass is 374 g/mol. The fourth-order valence-corrected chi connectivity index (χ4v) is 4.23. The summed E-state index contributed by atoms with van der Waals surface area (Å²) in [7, 11) is 0. The van der Waals surface area contributed by atoms with Crippen molar-refractivity contribution in [2.24, 2.45) is 11.3 Å². The SMILES string of the molecule is C=C(C)[C@@H]1CC[C@@](CO)(CC(=O)OC(C)(C)C)C[C@H]1c1ccc(CO)cc1. The summed E-state index contributed by atoms with van der Waals surface area (Å²) in [4.78, 5) is 12.5. The Morgan fingerprint density at radius 1 is 1.26 bits per heavy atom. The maximum atomic E-state index is 12.5. The summed E-state index contributed by atoms with van der Waals surface area (Å²) in [6.07, 6.45) is 2.63. The summed E-state index contributed by atoms with van der Waals surface area (Å²) in [6, 6.07) is 7.97. The van der Waals surface area contributed by atoms with Crippen molar-refractivity contribution in [3.63, 3.8) is 0 Å². The van der Waals surface area contributed by atoms with Crippen molar-refractivity contribution in [2.45, 2.75) is 71.5 Å². The van der Waals surface area contributed by atoms with Crippen LogP contribution in [0.25, 0.3) is 0 Å². The van der Waals surface area contributed by atoms with Gasteiger partial charge in [-0.3, -0.25) is 4.79 Å². The van der Waals surface area contributed by atoms with Crippen LogP contribution in [-0.2, 0) is 16.1 Å². The maximum Gasteiger partial charge on any atom is 0.306 e. The zero-order chi connectivity index (χ0) is 20.2. The third-order valence-electron chi connectivity index (χ3n) is 5.62. The average molecular weight is 375 g/mol. The molecule has 4 nitrogen and oxygen atoms in total. The van der Waals surface area contributed by atoms with Crippen molar-refractivity contribution in [3.05, 3.63) is 47.5 Å². The normalized spacial score (nSPS) is 25.9. The number of ether oxygens (including phenoxy) is 1. The van der Waals surface area contributed by atoms with Gasteiger partial charge in [0.2, 0.25) is 0 Å². The first-order valence-electron chi connectivity index (χ1n) is 9.77. The van der Waals surface area contributed by atoms with Gasteiger partial charge in [0.15, 0.2) is 0 Å². The van der Waals surface area contributed by atoms with Crippen molar-refractivity contribution in [1.29, 1.82) is 0 Å². The van der Waals surface area contributed by atoms with Crippen LogP contribution in [0.15, 0.2) is 36.4 Å². The molecule has 0 aromatic heterocycles. The molecule has 1 fully saturated rings. The Bertz CT molecular complexity index is 656. The number of aliphatic hydroxyl groups excluding tert-OH is 2. The van der Waals surface area contributed by atoms with Crippen LogP contribution in [0.2, 0.25) is 0 Å². The molecule has 0 aliphatic heterocycles. The van der Waals surface area contributed by atoms with Crippen LogP contribution in [0.4, 0.5) is 0 Å². The van der Waals surface area contributed by atoms with E-state index < -0.39 is 11.0 Å². The van der Waals surface area contributed by atoms with E-state index in [1.807, 2.05) is 45.0 Å². The second-order valence-corrected chi connectivity index (χ2v) is 9.12. The highest BCUT2D eigenvalue weighted by atomic mass is 16.6. The molecule has 150 valence electrons. The molecule has 0 radical (unpaired) electrons. The van der Waals surface area contributed by atoms with Crippen molar-refractivity contribution >= 4 is 5.97 Å². The van der Waals surface area contributed by atoms with E-state index >= 15 is 0 Å². The second-order valence-electron chi connectivity index (χ2n) is 9.12. The van der Waals surface area contributed by atoms with Crippen LogP contribution >= 0.6 is 0 Å². The van der Waals surface area contributed by atoms with Gasteiger partial charge >= 0.3 is 5.97 Å². The molecule has 3 atom stereocenters. The van der Waals surface area contributed by atoms with Gasteiger partial charge in [0.25, 0.3) is 0 Å². The van der Waals surface area contributed by atoms with Gasteiger partial charge in [0, 0.05) is 12.0 Å². The van der Waals surface area contributed by atoms with E-state index in [1.165, 1.54) is 5.56 Å². The first-order chi connectivity index (χ1) is 12.6. The van der Waals surface area contributed by atoms with Crippen LogP contribution in [0.5, 0.6) is 0 Å². The summed E-state index contributed by atoms with van der Waals surface area (Å²) in [6.45, 7) is 11.8. The number of carbonyl (C=O) groups is 1. The quantitative estimate of drug-likeness (QED) is 0.574. The van der Waals surface area contributed by atoms with Crippen LogP contribution in [0, 0.1) is 11.3 Å². The standard InChI is InChI=1S/C23H34O4/c1-16(2)19-10-11-23(15-25,13-21(26)27-22(3,4)5)12-20(19)18-8-6-17(14-24)7-9-18/h6-9,19-20,24-25H,1,10-15H2,2-5H3/t19-,20-,23-/m0/s1. The Balaban J connectivity index is 2.26. The molecule has 2 rings (SSSR count). The summed E-state index contributed by atoms with van der Waals surface area (Å²) >= 11 is 0. The molecule has 2 N–H and O–H groups in total. The Hall–Kier alpha value is -1.65. The van der Waals surface area contributed by atoms with E-state index in [9.17, 15) is 15.0 Å². The minimum absolute atomic E-state index is 0.0219. The smallest absolute Gasteiger partial charge is 0.306 e. The van der Waals surface area contributed by atoms with Gasteiger partial charge in [-0.1, -0.05) is 36.4 Å². The summed E-state index contributed by atoms with van der Waals surface area (Å²) in [5.41, 5.74) is 2.19. The zero-order valence-electron chi connectivity index (χ0n) is 17.1. The number of allylic oxidation sites excluding steroid dienone is 1. The number of benzene rings is 1. The predicted molar refractivity (Wildman–Crippen MR) is 107 cm³/mol. The number of hydrogen-bond acceptors (Lipinski definition) is 4. The molecule has 27 heavy (non-hydrogen) atoms. The molecule has 1 aliphatic carbocycles. The molecular weight excluding hydrogens is 340 g/mol. The van der Waals surface area contributed by atoms with E-state index in [-0.39, 0.29) is 31.5 Å². The van der Waals surface area contributed by atoms with Gasteiger partial charge in [0.1, 0.15) is 5.60 Å². The van der Waals surface area contributed by atoms with Crippen molar-refractivity contribution in [1.82, 2.24) is 0 Å². The molecule has 1 aromatic rings. The fraction of sp³-hybridized carbons (Fsp3) is 0.609. The highest BCUT2D eigenvalue weighted by Gasteiger charge is 2.43. The lowest BCUT2D eigenvalue weighted by Crippen LogP contribution is -2.39. The third-order valence-corrected chi connectivity index (χ3v) is 5.62. The molecular formula is C23H34O4. The molecule has 0 heterocycles. The van der Waals surface area contributed by atoms with Crippen molar-refractivity contribution in [2.75, 3.05) is 6.61 Å². The highest BCUT2D eigenvalue weighted by molar-refractivity contribution is 5.71. The zero-order valence-corrected chi connectivity index (χ0v) is 17.1. The van der Waals surface area contributed by atoms with Crippen LogP contribution in [0.1, 0.15) is 70.4 Å². The molecule has 1 aliphatic rings. The van der Waals surface area contributed by atoms with Gasteiger partial charge in [-0.15, -0.1) is 0 Å². The van der Waals surface area contributed by atoms with Gasteiger partial charge in [0.05, 0.1) is 13.0 Å². The lowest BCUT2D eigenvalue weighted by molar-refractivity contribution is -0.159. The molecule has 0 saturated heterocycles. The molecule has 0 unspecified atom stereocenters. The first-order valence-corrected chi connectivity index (χ1v) is 9.77. The second kappa shape index (κ2) is 8.57. The lowest BCUT2D eigenvalue weighted by atomic mass is 9.61. The van der Waals surface area contributed by atoms with Gasteiger partial charge in [-0.25, -0.2) is 0 Å². The lowest BCUT2D eigenvalue weighted by Gasteiger charge is -2.44. The Kier molecular flexibility index (Phi) is 6.87. The number of aliphatic hydroxyl groups is 2. The largest absolute Gasteiger partial charge is 0.460 e. The third kappa shape index (κ3) is 5.66. The summed E-state index contributed by atoms with van der Waals surface area (Å²) in [5.74, 6) is 0.265. The first kappa shape index (κ1) is 21.6. The Labute approximate surface area is 163 Å². The van der Waals surface area contributed by atoms with Crippen LogP contribution in [0.3, 0.4) is 0 Å². The van der Waals surface area contributed by atoms with Crippen molar-refractivity contribution in [3.8, 4) is 0 Å².